The molecule has 0 spiro atoms. The van der Waals surface area contributed by atoms with Gasteiger partial charge in [0.05, 0.1) is 31.4 Å². The number of H-pyrrole nitrogens is 1. The number of aromatic nitrogens is 2. The molecule has 1 aliphatic rings. The SMILES string of the molecule is COc1ccc2[nH]c(C(=O)N3CCOCC3)cc2n1. The molecule has 0 aliphatic carbocycles. The van der Waals surface area contributed by atoms with Crippen molar-refractivity contribution in [2.24, 2.45) is 0 Å². The van der Waals surface area contributed by atoms with Gasteiger partial charge in [0.1, 0.15) is 5.69 Å². The molecule has 0 bridgehead atoms. The second-order valence-corrected chi connectivity index (χ2v) is 4.37. The molecule has 6 nitrogen and oxygen atoms in total. The van der Waals surface area contributed by atoms with Crippen LogP contribution in [-0.2, 0) is 4.74 Å². The van der Waals surface area contributed by atoms with Crippen LogP contribution in [0.15, 0.2) is 18.2 Å². The second kappa shape index (κ2) is 4.89. The number of morpholine rings is 1. The first-order chi connectivity index (χ1) is 9.28. The zero-order valence-electron chi connectivity index (χ0n) is 10.7. The van der Waals surface area contributed by atoms with Gasteiger partial charge in [0.2, 0.25) is 5.88 Å². The van der Waals surface area contributed by atoms with E-state index in [9.17, 15) is 4.79 Å². The smallest absolute Gasteiger partial charge is 0.270 e. The van der Waals surface area contributed by atoms with E-state index in [1.165, 1.54) is 0 Å². The van der Waals surface area contributed by atoms with Crippen LogP contribution in [0, 0.1) is 0 Å². The largest absolute Gasteiger partial charge is 0.481 e. The van der Waals surface area contributed by atoms with Crippen LogP contribution in [-0.4, -0.2) is 54.2 Å². The number of hydrogen-bond donors (Lipinski definition) is 1. The number of nitrogens with zero attached hydrogens (tertiary/aromatic N) is 2. The molecule has 2 aromatic heterocycles. The summed E-state index contributed by atoms with van der Waals surface area (Å²) in [5.74, 6) is 0.525. The first kappa shape index (κ1) is 12.0. The summed E-state index contributed by atoms with van der Waals surface area (Å²) < 4.78 is 10.3. The minimum atomic E-state index is -0.0136. The Hall–Kier alpha value is -2.08. The summed E-state index contributed by atoms with van der Waals surface area (Å²) >= 11 is 0. The van der Waals surface area contributed by atoms with Crippen LogP contribution in [0.4, 0.5) is 0 Å². The van der Waals surface area contributed by atoms with Crippen molar-refractivity contribution in [3.63, 3.8) is 0 Å². The minimum Gasteiger partial charge on any atom is -0.481 e. The average Bonchev–Trinajstić information content (AvgIpc) is 2.90. The third-order valence-corrected chi connectivity index (χ3v) is 3.19. The zero-order valence-corrected chi connectivity index (χ0v) is 10.7. The molecule has 19 heavy (non-hydrogen) atoms. The summed E-state index contributed by atoms with van der Waals surface area (Å²) in [6.07, 6.45) is 0. The number of rotatable bonds is 2. The standard InChI is InChI=1S/C13H15N3O3/c1-18-12-3-2-9-10(15-12)8-11(14-9)13(17)16-4-6-19-7-5-16/h2-3,8,14H,4-7H2,1H3. The van der Waals surface area contributed by atoms with E-state index in [2.05, 4.69) is 9.97 Å². The fraction of sp³-hybridized carbons (Fsp3) is 0.385. The molecule has 3 heterocycles. The molecular weight excluding hydrogens is 246 g/mol. The normalized spacial score (nSPS) is 15.7. The van der Waals surface area contributed by atoms with E-state index < -0.39 is 0 Å². The molecule has 0 saturated carbocycles. The second-order valence-electron chi connectivity index (χ2n) is 4.37. The zero-order chi connectivity index (χ0) is 13.2. The quantitative estimate of drug-likeness (QED) is 0.877. The third-order valence-electron chi connectivity index (χ3n) is 3.19. The van der Waals surface area contributed by atoms with Crippen LogP contribution < -0.4 is 4.74 Å². The van der Waals surface area contributed by atoms with Crippen molar-refractivity contribution in [2.75, 3.05) is 33.4 Å². The predicted molar refractivity (Wildman–Crippen MR) is 69.4 cm³/mol. The van der Waals surface area contributed by atoms with Crippen molar-refractivity contribution in [3.8, 4) is 5.88 Å². The third kappa shape index (κ3) is 2.26. The molecule has 1 N–H and O–H groups in total. The first-order valence-electron chi connectivity index (χ1n) is 6.19. The van der Waals surface area contributed by atoms with Crippen LogP contribution in [0.5, 0.6) is 5.88 Å². The summed E-state index contributed by atoms with van der Waals surface area (Å²) in [6, 6.07) is 5.38. The maximum absolute atomic E-state index is 12.3. The lowest BCUT2D eigenvalue weighted by Crippen LogP contribution is -2.40. The summed E-state index contributed by atoms with van der Waals surface area (Å²) in [5, 5.41) is 0. The molecule has 0 unspecified atom stereocenters. The average molecular weight is 261 g/mol. The number of nitrogens with one attached hydrogen (secondary N) is 1. The Morgan fingerprint density at radius 3 is 2.95 bits per heavy atom. The van der Waals surface area contributed by atoms with Crippen molar-refractivity contribution in [1.29, 1.82) is 0 Å². The number of amides is 1. The van der Waals surface area contributed by atoms with Gasteiger partial charge in [-0.1, -0.05) is 0 Å². The fourth-order valence-electron chi connectivity index (χ4n) is 2.16. The summed E-state index contributed by atoms with van der Waals surface area (Å²) in [5.41, 5.74) is 2.12. The number of ether oxygens (including phenoxy) is 2. The number of hydrogen-bond acceptors (Lipinski definition) is 4. The van der Waals surface area contributed by atoms with Gasteiger partial charge in [-0.3, -0.25) is 4.79 Å². The van der Waals surface area contributed by atoms with Crippen LogP contribution in [0.1, 0.15) is 10.5 Å². The van der Waals surface area contributed by atoms with E-state index in [0.29, 0.717) is 37.9 Å². The fourth-order valence-corrected chi connectivity index (χ4v) is 2.16. The highest BCUT2D eigenvalue weighted by Gasteiger charge is 2.20. The highest BCUT2D eigenvalue weighted by molar-refractivity contribution is 5.97. The Morgan fingerprint density at radius 1 is 1.42 bits per heavy atom. The lowest BCUT2D eigenvalue weighted by molar-refractivity contribution is 0.0299. The molecule has 1 saturated heterocycles. The Kier molecular flexibility index (Phi) is 3.08. The Morgan fingerprint density at radius 2 is 2.21 bits per heavy atom. The van der Waals surface area contributed by atoms with Gasteiger partial charge in [-0.25, -0.2) is 4.98 Å². The lowest BCUT2D eigenvalue weighted by Gasteiger charge is -2.26. The van der Waals surface area contributed by atoms with E-state index in [4.69, 9.17) is 9.47 Å². The number of methoxy groups -OCH3 is 1. The Balaban J connectivity index is 1.89. The van der Waals surface area contributed by atoms with Gasteiger partial charge in [-0.05, 0) is 12.1 Å². The predicted octanol–water partition coefficient (Wildman–Crippen LogP) is 1.04. The molecule has 1 aliphatic heterocycles. The van der Waals surface area contributed by atoms with Crippen molar-refractivity contribution >= 4 is 16.9 Å². The molecule has 0 radical (unpaired) electrons. The van der Waals surface area contributed by atoms with Crippen molar-refractivity contribution in [1.82, 2.24) is 14.9 Å². The summed E-state index contributed by atoms with van der Waals surface area (Å²) in [4.78, 5) is 21.5. The van der Waals surface area contributed by atoms with Gasteiger partial charge >= 0.3 is 0 Å². The van der Waals surface area contributed by atoms with Crippen LogP contribution in [0.3, 0.4) is 0 Å². The van der Waals surface area contributed by atoms with Gasteiger partial charge < -0.3 is 19.4 Å². The molecular formula is C13H15N3O3. The molecule has 3 rings (SSSR count). The van der Waals surface area contributed by atoms with Gasteiger partial charge in [-0.15, -0.1) is 0 Å². The van der Waals surface area contributed by atoms with Crippen molar-refractivity contribution < 1.29 is 14.3 Å². The highest BCUT2D eigenvalue weighted by atomic mass is 16.5. The number of pyridine rings is 1. The van der Waals surface area contributed by atoms with Crippen molar-refractivity contribution in [2.45, 2.75) is 0 Å². The van der Waals surface area contributed by atoms with E-state index in [-0.39, 0.29) is 5.91 Å². The molecule has 1 amide bonds. The van der Waals surface area contributed by atoms with Crippen LogP contribution in [0.2, 0.25) is 0 Å². The minimum absolute atomic E-state index is 0.0136. The van der Waals surface area contributed by atoms with Gasteiger partial charge in [0.15, 0.2) is 0 Å². The molecule has 0 atom stereocenters. The Bertz CT molecular complexity index is 602. The van der Waals surface area contributed by atoms with Gasteiger partial charge in [0, 0.05) is 19.2 Å². The molecule has 0 aromatic carbocycles. The number of fused-ring (bicyclic) bond motifs is 1. The first-order valence-corrected chi connectivity index (χ1v) is 6.19. The van der Waals surface area contributed by atoms with Gasteiger partial charge in [0.25, 0.3) is 5.91 Å². The topological polar surface area (TPSA) is 67.5 Å². The highest BCUT2D eigenvalue weighted by Crippen LogP contribution is 2.18. The van der Waals surface area contributed by atoms with Crippen LogP contribution in [0.25, 0.3) is 11.0 Å². The molecule has 100 valence electrons. The molecule has 1 fully saturated rings. The Labute approximate surface area is 110 Å². The number of carbonyl (C=O) groups excluding carboxylic acids is 1. The maximum atomic E-state index is 12.3. The summed E-state index contributed by atoms with van der Waals surface area (Å²) in [7, 11) is 1.57. The van der Waals surface area contributed by atoms with E-state index in [1.54, 1.807) is 24.1 Å². The van der Waals surface area contributed by atoms with Crippen molar-refractivity contribution in [3.05, 3.63) is 23.9 Å². The van der Waals surface area contributed by atoms with E-state index in [0.717, 1.165) is 11.0 Å². The maximum Gasteiger partial charge on any atom is 0.270 e. The van der Waals surface area contributed by atoms with E-state index in [1.807, 2.05) is 6.07 Å². The summed E-state index contributed by atoms with van der Waals surface area (Å²) in [6.45, 7) is 2.45. The lowest BCUT2D eigenvalue weighted by atomic mass is 10.3. The van der Waals surface area contributed by atoms with Gasteiger partial charge in [-0.2, -0.15) is 0 Å². The molecule has 2 aromatic rings. The van der Waals surface area contributed by atoms with E-state index >= 15 is 0 Å². The monoisotopic (exact) mass is 261 g/mol. The number of carbonyl (C=O) groups is 1. The molecule has 6 heteroatoms. The van der Waals surface area contributed by atoms with Crippen LogP contribution >= 0.6 is 0 Å². The number of aromatic amines is 1.